The number of hydrogen-bond acceptors (Lipinski definition) is 4. The molecule has 34 heavy (non-hydrogen) atoms. The Morgan fingerprint density at radius 3 is 2.06 bits per heavy atom. The Labute approximate surface area is 203 Å². The Morgan fingerprint density at radius 2 is 1.44 bits per heavy atom. The number of anilines is 1. The van der Waals surface area contributed by atoms with Crippen molar-refractivity contribution >= 4 is 27.5 Å². The van der Waals surface area contributed by atoms with Crippen molar-refractivity contribution in [2.75, 3.05) is 18.4 Å². The summed E-state index contributed by atoms with van der Waals surface area (Å²) in [5.74, 6) is -0.0716. The Kier molecular flexibility index (Phi) is 9.65. The van der Waals surface area contributed by atoms with Crippen LogP contribution in [0.2, 0.25) is 0 Å². The third-order valence-corrected chi connectivity index (χ3v) is 7.88. The molecule has 2 N–H and O–H groups in total. The summed E-state index contributed by atoms with van der Waals surface area (Å²) >= 11 is 0. The molecule has 0 atom stereocenters. The van der Waals surface area contributed by atoms with Gasteiger partial charge in [0.1, 0.15) is 0 Å². The predicted molar refractivity (Wildman–Crippen MR) is 134 cm³/mol. The molecule has 0 aliphatic carbocycles. The highest BCUT2D eigenvalue weighted by molar-refractivity contribution is 7.89. The Hall–Kier alpha value is -2.71. The molecule has 0 bridgehead atoms. The van der Waals surface area contributed by atoms with Crippen LogP contribution < -0.4 is 10.6 Å². The van der Waals surface area contributed by atoms with E-state index < -0.39 is 10.0 Å². The molecule has 8 heteroatoms. The molecule has 2 amide bonds. The SMILES string of the molecule is CCCC(=O)Nc1ccc(CNC(=O)CCc2ccc(S(=O)(=O)N3CCCCCC3)cc2)cc1. The van der Waals surface area contributed by atoms with Crippen molar-refractivity contribution in [2.24, 2.45) is 0 Å². The number of rotatable bonds is 10. The van der Waals surface area contributed by atoms with Gasteiger partial charge in [-0.2, -0.15) is 4.31 Å². The fourth-order valence-corrected chi connectivity index (χ4v) is 5.48. The number of nitrogens with one attached hydrogen (secondary N) is 2. The van der Waals surface area contributed by atoms with E-state index in [4.69, 9.17) is 0 Å². The molecule has 3 rings (SSSR count). The smallest absolute Gasteiger partial charge is 0.243 e. The normalized spacial score (nSPS) is 14.9. The molecule has 2 aromatic carbocycles. The van der Waals surface area contributed by atoms with Gasteiger partial charge in [-0.1, -0.05) is 44.0 Å². The molecule has 1 aliphatic heterocycles. The summed E-state index contributed by atoms with van der Waals surface area (Å²) in [6.45, 7) is 3.54. The van der Waals surface area contributed by atoms with Gasteiger partial charge in [0.15, 0.2) is 0 Å². The highest BCUT2D eigenvalue weighted by Crippen LogP contribution is 2.21. The zero-order valence-corrected chi connectivity index (χ0v) is 20.7. The first-order valence-corrected chi connectivity index (χ1v) is 13.6. The van der Waals surface area contributed by atoms with Gasteiger partial charge in [-0.3, -0.25) is 9.59 Å². The fraction of sp³-hybridized carbons (Fsp3) is 0.462. The second kappa shape index (κ2) is 12.7. The zero-order chi connectivity index (χ0) is 24.4. The maximum atomic E-state index is 12.9. The minimum Gasteiger partial charge on any atom is -0.352 e. The Bertz CT molecular complexity index is 1040. The van der Waals surface area contributed by atoms with Crippen molar-refractivity contribution in [3.8, 4) is 0 Å². The average Bonchev–Trinajstić information content (AvgIpc) is 3.13. The van der Waals surface area contributed by atoms with E-state index >= 15 is 0 Å². The van der Waals surface area contributed by atoms with E-state index in [2.05, 4.69) is 10.6 Å². The molecule has 0 saturated carbocycles. The highest BCUT2D eigenvalue weighted by atomic mass is 32.2. The Morgan fingerprint density at radius 1 is 0.824 bits per heavy atom. The lowest BCUT2D eigenvalue weighted by Crippen LogP contribution is -2.31. The Balaban J connectivity index is 1.44. The third kappa shape index (κ3) is 7.67. The number of nitrogens with zero attached hydrogens (tertiary/aromatic N) is 1. The second-order valence-electron chi connectivity index (χ2n) is 8.73. The molecule has 0 unspecified atom stereocenters. The van der Waals surface area contributed by atoms with E-state index in [0.717, 1.165) is 48.9 Å². The second-order valence-corrected chi connectivity index (χ2v) is 10.7. The van der Waals surface area contributed by atoms with E-state index in [-0.39, 0.29) is 11.8 Å². The summed E-state index contributed by atoms with van der Waals surface area (Å²) < 4.78 is 27.4. The quantitative estimate of drug-likeness (QED) is 0.526. The summed E-state index contributed by atoms with van der Waals surface area (Å²) in [5.41, 5.74) is 2.62. The van der Waals surface area contributed by atoms with Crippen LogP contribution in [0.3, 0.4) is 0 Å². The number of amides is 2. The van der Waals surface area contributed by atoms with Crippen LogP contribution in [0.5, 0.6) is 0 Å². The van der Waals surface area contributed by atoms with Crippen LogP contribution in [0.4, 0.5) is 5.69 Å². The van der Waals surface area contributed by atoms with Gasteiger partial charge >= 0.3 is 0 Å². The maximum Gasteiger partial charge on any atom is 0.243 e. The first-order valence-electron chi connectivity index (χ1n) is 12.1. The molecule has 0 radical (unpaired) electrons. The standard InChI is InChI=1S/C26H35N3O4S/c1-2-7-26(31)28-23-13-8-22(9-14-23)20-27-25(30)17-12-21-10-15-24(16-11-21)34(32,33)29-18-5-3-4-6-19-29/h8-11,13-16H,2-7,12,17-20H2,1H3,(H,27,30)(H,28,31). The van der Waals surface area contributed by atoms with E-state index in [1.807, 2.05) is 31.2 Å². The van der Waals surface area contributed by atoms with Gasteiger partial charge in [0.05, 0.1) is 4.90 Å². The van der Waals surface area contributed by atoms with Gasteiger partial charge < -0.3 is 10.6 Å². The van der Waals surface area contributed by atoms with Crippen LogP contribution in [0, 0.1) is 0 Å². The zero-order valence-electron chi connectivity index (χ0n) is 19.9. The first-order chi connectivity index (χ1) is 16.4. The topological polar surface area (TPSA) is 95.6 Å². The van der Waals surface area contributed by atoms with Gasteiger partial charge in [0, 0.05) is 38.2 Å². The molecular formula is C26H35N3O4S. The summed E-state index contributed by atoms with van der Waals surface area (Å²) in [4.78, 5) is 24.2. The van der Waals surface area contributed by atoms with Crippen molar-refractivity contribution < 1.29 is 18.0 Å². The van der Waals surface area contributed by atoms with E-state index in [1.54, 1.807) is 28.6 Å². The molecule has 0 spiro atoms. The number of aryl methyl sites for hydroxylation is 1. The lowest BCUT2D eigenvalue weighted by Gasteiger charge is -2.20. The maximum absolute atomic E-state index is 12.9. The lowest BCUT2D eigenvalue weighted by molar-refractivity contribution is -0.121. The van der Waals surface area contributed by atoms with E-state index in [0.29, 0.717) is 43.8 Å². The summed E-state index contributed by atoms with van der Waals surface area (Å²) in [6.07, 6.45) is 6.14. The van der Waals surface area contributed by atoms with E-state index in [9.17, 15) is 18.0 Å². The number of carbonyl (C=O) groups excluding carboxylic acids is 2. The molecule has 1 saturated heterocycles. The summed E-state index contributed by atoms with van der Waals surface area (Å²) in [7, 11) is -3.45. The molecule has 1 aliphatic rings. The first kappa shape index (κ1) is 25.9. The van der Waals surface area contributed by atoms with E-state index in [1.165, 1.54) is 0 Å². The fourth-order valence-electron chi connectivity index (χ4n) is 3.96. The van der Waals surface area contributed by atoms with Crippen molar-refractivity contribution in [1.82, 2.24) is 9.62 Å². The largest absolute Gasteiger partial charge is 0.352 e. The van der Waals surface area contributed by atoms with Crippen molar-refractivity contribution in [1.29, 1.82) is 0 Å². The number of sulfonamides is 1. The van der Waals surface area contributed by atoms with Crippen LogP contribution in [0.1, 0.15) is 63.0 Å². The van der Waals surface area contributed by atoms with Gasteiger partial charge in [0.2, 0.25) is 21.8 Å². The molecule has 7 nitrogen and oxygen atoms in total. The average molecular weight is 486 g/mol. The van der Waals surface area contributed by atoms with Crippen molar-refractivity contribution in [3.63, 3.8) is 0 Å². The number of carbonyl (C=O) groups is 2. The van der Waals surface area contributed by atoms with Gasteiger partial charge in [-0.05, 0) is 61.1 Å². The molecule has 0 aromatic heterocycles. The summed E-state index contributed by atoms with van der Waals surface area (Å²) in [5, 5.41) is 5.75. The highest BCUT2D eigenvalue weighted by Gasteiger charge is 2.24. The molecular weight excluding hydrogens is 450 g/mol. The molecule has 2 aromatic rings. The molecule has 1 heterocycles. The minimum absolute atomic E-state index is 0.00358. The van der Waals surface area contributed by atoms with Crippen molar-refractivity contribution in [2.45, 2.75) is 69.7 Å². The molecule has 184 valence electrons. The lowest BCUT2D eigenvalue weighted by atomic mass is 10.1. The third-order valence-electron chi connectivity index (χ3n) is 5.97. The minimum atomic E-state index is -3.45. The monoisotopic (exact) mass is 485 g/mol. The van der Waals surface area contributed by atoms with Gasteiger partial charge in [-0.15, -0.1) is 0 Å². The van der Waals surface area contributed by atoms with Crippen LogP contribution >= 0.6 is 0 Å². The van der Waals surface area contributed by atoms with Crippen LogP contribution in [0.25, 0.3) is 0 Å². The molecule has 1 fully saturated rings. The van der Waals surface area contributed by atoms with Crippen molar-refractivity contribution in [3.05, 3.63) is 59.7 Å². The number of benzene rings is 2. The predicted octanol–water partition coefficient (Wildman–Crippen LogP) is 4.24. The van der Waals surface area contributed by atoms with Crippen LogP contribution in [-0.4, -0.2) is 37.6 Å². The van der Waals surface area contributed by atoms with Crippen LogP contribution in [0.15, 0.2) is 53.4 Å². The van der Waals surface area contributed by atoms with Gasteiger partial charge in [-0.25, -0.2) is 8.42 Å². The summed E-state index contributed by atoms with van der Waals surface area (Å²) in [6, 6.07) is 14.3. The van der Waals surface area contributed by atoms with Crippen LogP contribution in [-0.2, 0) is 32.6 Å². The number of hydrogen-bond donors (Lipinski definition) is 2. The van der Waals surface area contributed by atoms with Gasteiger partial charge in [0.25, 0.3) is 0 Å².